The molecule has 0 spiro atoms. The molecule has 2 N–H and O–H groups in total. The van der Waals surface area contributed by atoms with Gasteiger partial charge in [0, 0.05) is 31.2 Å². The fraction of sp³-hybridized carbons (Fsp3) is 0.909. The zero-order valence-corrected chi connectivity index (χ0v) is 10.3. The standard InChI is InChI=1S/C11H23N3O/c1-9(2)13-10(15)7-14-6-5-12-8-11(14,3)4/h9,12H,5-8H2,1-4H3,(H,13,15). The summed E-state index contributed by atoms with van der Waals surface area (Å²) in [6, 6.07) is 0.225. The fourth-order valence-corrected chi connectivity index (χ4v) is 1.86. The van der Waals surface area contributed by atoms with Gasteiger partial charge in [-0.2, -0.15) is 0 Å². The van der Waals surface area contributed by atoms with Crippen molar-refractivity contribution in [2.24, 2.45) is 0 Å². The first kappa shape index (κ1) is 12.5. The molecule has 4 heteroatoms. The summed E-state index contributed by atoms with van der Waals surface area (Å²) >= 11 is 0. The third kappa shape index (κ3) is 3.80. The molecule has 0 unspecified atom stereocenters. The molecule has 0 aromatic rings. The largest absolute Gasteiger partial charge is 0.353 e. The third-order valence-electron chi connectivity index (χ3n) is 2.76. The van der Waals surface area contributed by atoms with Gasteiger partial charge in [0.1, 0.15) is 0 Å². The number of carbonyl (C=O) groups excluding carboxylic acids is 1. The van der Waals surface area contributed by atoms with E-state index < -0.39 is 0 Å². The number of nitrogens with one attached hydrogen (secondary N) is 2. The molecule has 1 rings (SSSR count). The molecule has 0 radical (unpaired) electrons. The third-order valence-corrected chi connectivity index (χ3v) is 2.76. The highest BCUT2D eigenvalue weighted by molar-refractivity contribution is 5.78. The molecule has 1 amide bonds. The minimum Gasteiger partial charge on any atom is -0.353 e. The lowest BCUT2D eigenvalue weighted by Crippen LogP contribution is -2.60. The van der Waals surface area contributed by atoms with Crippen LogP contribution in [-0.2, 0) is 4.79 Å². The molecule has 88 valence electrons. The monoisotopic (exact) mass is 213 g/mol. The second-order valence-corrected chi connectivity index (χ2v) is 5.13. The summed E-state index contributed by atoms with van der Waals surface area (Å²) in [5, 5.41) is 6.27. The lowest BCUT2D eigenvalue weighted by atomic mass is 10.0. The van der Waals surface area contributed by atoms with Crippen molar-refractivity contribution >= 4 is 5.91 Å². The molecule has 4 nitrogen and oxygen atoms in total. The van der Waals surface area contributed by atoms with Crippen molar-refractivity contribution in [2.45, 2.75) is 39.3 Å². The van der Waals surface area contributed by atoms with Crippen LogP contribution in [0.1, 0.15) is 27.7 Å². The van der Waals surface area contributed by atoms with Crippen molar-refractivity contribution in [3.05, 3.63) is 0 Å². The number of hydrogen-bond acceptors (Lipinski definition) is 3. The van der Waals surface area contributed by atoms with Crippen LogP contribution in [0.5, 0.6) is 0 Å². The van der Waals surface area contributed by atoms with Crippen molar-refractivity contribution in [3.8, 4) is 0 Å². The Hall–Kier alpha value is -0.610. The average Bonchev–Trinajstić information content (AvgIpc) is 2.07. The van der Waals surface area contributed by atoms with Gasteiger partial charge in [0.15, 0.2) is 0 Å². The summed E-state index contributed by atoms with van der Waals surface area (Å²) in [5.74, 6) is 0.125. The van der Waals surface area contributed by atoms with Gasteiger partial charge in [0.25, 0.3) is 0 Å². The lowest BCUT2D eigenvalue weighted by Gasteiger charge is -2.42. The summed E-state index contributed by atoms with van der Waals surface area (Å²) < 4.78 is 0. The second kappa shape index (κ2) is 4.94. The molecular weight excluding hydrogens is 190 g/mol. The summed E-state index contributed by atoms with van der Waals surface area (Å²) in [6.45, 7) is 11.7. The first-order valence-electron chi connectivity index (χ1n) is 5.67. The zero-order chi connectivity index (χ0) is 11.5. The van der Waals surface area contributed by atoms with E-state index in [4.69, 9.17) is 0 Å². The van der Waals surface area contributed by atoms with E-state index >= 15 is 0 Å². The number of piperazine rings is 1. The first-order valence-corrected chi connectivity index (χ1v) is 5.67. The second-order valence-electron chi connectivity index (χ2n) is 5.13. The smallest absolute Gasteiger partial charge is 0.234 e. The molecule has 0 aromatic carbocycles. The molecule has 15 heavy (non-hydrogen) atoms. The van der Waals surface area contributed by atoms with Crippen LogP contribution in [0, 0.1) is 0 Å². The summed E-state index contributed by atoms with van der Waals surface area (Å²) in [7, 11) is 0. The Morgan fingerprint density at radius 3 is 2.73 bits per heavy atom. The first-order chi connectivity index (χ1) is 6.92. The van der Waals surface area contributed by atoms with Crippen molar-refractivity contribution in [2.75, 3.05) is 26.2 Å². The van der Waals surface area contributed by atoms with Gasteiger partial charge in [-0.3, -0.25) is 9.69 Å². The van der Waals surface area contributed by atoms with E-state index in [0.29, 0.717) is 6.54 Å². The van der Waals surface area contributed by atoms with Gasteiger partial charge in [0.05, 0.1) is 6.54 Å². The number of rotatable bonds is 3. The number of amides is 1. The van der Waals surface area contributed by atoms with E-state index in [9.17, 15) is 4.79 Å². The summed E-state index contributed by atoms with van der Waals surface area (Å²) in [5.41, 5.74) is 0.0760. The van der Waals surface area contributed by atoms with Crippen molar-refractivity contribution in [1.29, 1.82) is 0 Å². The minimum absolute atomic E-state index is 0.0760. The van der Waals surface area contributed by atoms with Gasteiger partial charge in [-0.25, -0.2) is 0 Å². The fourth-order valence-electron chi connectivity index (χ4n) is 1.86. The zero-order valence-electron chi connectivity index (χ0n) is 10.3. The number of nitrogens with zero attached hydrogens (tertiary/aromatic N) is 1. The van der Waals surface area contributed by atoms with Gasteiger partial charge >= 0.3 is 0 Å². The van der Waals surface area contributed by atoms with E-state index in [1.165, 1.54) is 0 Å². The Bertz CT molecular complexity index is 226. The maximum atomic E-state index is 11.6. The average molecular weight is 213 g/mol. The van der Waals surface area contributed by atoms with E-state index in [2.05, 4.69) is 29.4 Å². The van der Waals surface area contributed by atoms with Crippen molar-refractivity contribution in [3.63, 3.8) is 0 Å². The van der Waals surface area contributed by atoms with Crippen LogP contribution < -0.4 is 10.6 Å². The molecule has 0 atom stereocenters. The maximum Gasteiger partial charge on any atom is 0.234 e. The predicted octanol–water partition coefficient (Wildman–Crippen LogP) is 0.195. The van der Waals surface area contributed by atoms with Crippen LogP contribution in [0.4, 0.5) is 0 Å². The Labute approximate surface area is 92.4 Å². The molecule has 1 saturated heterocycles. The molecule has 1 aliphatic rings. The highest BCUT2D eigenvalue weighted by Gasteiger charge is 2.30. The Morgan fingerprint density at radius 1 is 1.53 bits per heavy atom. The molecule has 0 aliphatic carbocycles. The normalized spacial score (nSPS) is 21.7. The minimum atomic E-state index is 0.0760. The Kier molecular flexibility index (Phi) is 4.11. The van der Waals surface area contributed by atoms with Crippen LogP contribution in [0.3, 0.4) is 0 Å². The van der Waals surface area contributed by atoms with E-state index in [1.54, 1.807) is 0 Å². The molecular formula is C11H23N3O. The van der Waals surface area contributed by atoms with Crippen LogP contribution in [0.2, 0.25) is 0 Å². The highest BCUT2D eigenvalue weighted by Crippen LogP contribution is 2.15. The van der Waals surface area contributed by atoms with E-state index in [1.807, 2.05) is 13.8 Å². The predicted molar refractivity (Wildman–Crippen MR) is 61.8 cm³/mol. The molecule has 1 aliphatic heterocycles. The van der Waals surface area contributed by atoms with Crippen LogP contribution in [0.25, 0.3) is 0 Å². The molecule has 0 saturated carbocycles. The van der Waals surface area contributed by atoms with Gasteiger partial charge in [-0.15, -0.1) is 0 Å². The lowest BCUT2D eigenvalue weighted by molar-refractivity contribution is -0.124. The van der Waals surface area contributed by atoms with Gasteiger partial charge in [0.2, 0.25) is 5.91 Å². The maximum absolute atomic E-state index is 11.6. The SMILES string of the molecule is CC(C)NC(=O)CN1CCNCC1(C)C. The summed E-state index contributed by atoms with van der Waals surface area (Å²) in [6.07, 6.45) is 0. The topological polar surface area (TPSA) is 44.4 Å². The van der Waals surface area contributed by atoms with Crippen LogP contribution >= 0.6 is 0 Å². The van der Waals surface area contributed by atoms with Gasteiger partial charge < -0.3 is 10.6 Å². The van der Waals surface area contributed by atoms with Crippen LogP contribution in [-0.4, -0.2) is 48.6 Å². The quantitative estimate of drug-likeness (QED) is 0.703. The Morgan fingerprint density at radius 2 is 2.20 bits per heavy atom. The molecule has 1 heterocycles. The van der Waals surface area contributed by atoms with Crippen molar-refractivity contribution < 1.29 is 4.79 Å². The number of hydrogen-bond donors (Lipinski definition) is 2. The molecule has 1 fully saturated rings. The van der Waals surface area contributed by atoms with Gasteiger partial charge in [-0.1, -0.05) is 0 Å². The van der Waals surface area contributed by atoms with E-state index in [-0.39, 0.29) is 17.5 Å². The highest BCUT2D eigenvalue weighted by atomic mass is 16.2. The molecule has 0 aromatic heterocycles. The summed E-state index contributed by atoms with van der Waals surface area (Å²) in [4.78, 5) is 13.9. The molecule has 0 bridgehead atoms. The van der Waals surface area contributed by atoms with Crippen molar-refractivity contribution in [1.82, 2.24) is 15.5 Å². The van der Waals surface area contributed by atoms with E-state index in [0.717, 1.165) is 19.6 Å². The van der Waals surface area contributed by atoms with Gasteiger partial charge in [-0.05, 0) is 27.7 Å². The van der Waals surface area contributed by atoms with Crippen LogP contribution in [0.15, 0.2) is 0 Å². The number of carbonyl (C=O) groups is 1. The Balaban J connectivity index is 2.45.